The lowest BCUT2D eigenvalue weighted by molar-refractivity contribution is 0.944. The summed E-state index contributed by atoms with van der Waals surface area (Å²) in [5.41, 5.74) is 2.44. The van der Waals surface area contributed by atoms with Gasteiger partial charge in [-0.05, 0) is 12.5 Å². The van der Waals surface area contributed by atoms with Gasteiger partial charge in [-0.3, -0.25) is 0 Å². The van der Waals surface area contributed by atoms with E-state index in [0.29, 0.717) is 24.4 Å². The molecule has 0 saturated carbocycles. The van der Waals surface area contributed by atoms with E-state index in [2.05, 4.69) is 50.7 Å². The summed E-state index contributed by atoms with van der Waals surface area (Å²) in [6.07, 6.45) is 0. The smallest absolute Gasteiger partial charge is 0.231 e. The van der Waals surface area contributed by atoms with Crippen molar-refractivity contribution in [2.24, 2.45) is 0 Å². The minimum atomic E-state index is 0.551. The second kappa shape index (κ2) is 6.18. The summed E-state index contributed by atoms with van der Waals surface area (Å²) in [5, 5.41) is 6.17. The second-order valence-electron chi connectivity index (χ2n) is 4.77. The van der Waals surface area contributed by atoms with E-state index in [0.717, 1.165) is 0 Å². The third-order valence-corrected chi connectivity index (χ3v) is 2.78. The van der Waals surface area contributed by atoms with Crippen LogP contribution < -0.4 is 15.5 Å². The van der Waals surface area contributed by atoms with Gasteiger partial charge < -0.3 is 15.5 Å². The van der Waals surface area contributed by atoms with Gasteiger partial charge in [-0.2, -0.15) is 15.0 Å². The van der Waals surface area contributed by atoms with Gasteiger partial charge >= 0.3 is 0 Å². The second-order valence-corrected chi connectivity index (χ2v) is 4.77. The van der Waals surface area contributed by atoms with Crippen molar-refractivity contribution in [3.8, 4) is 0 Å². The SMILES string of the molecule is CNc1nc(NCc2cccc(C)c2)nc(N(C)C)n1. The van der Waals surface area contributed by atoms with Crippen molar-refractivity contribution in [3.63, 3.8) is 0 Å². The Bertz CT molecular complexity index is 582. The van der Waals surface area contributed by atoms with Crippen molar-refractivity contribution in [1.29, 1.82) is 0 Å². The van der Waals surface area contributed by atoms with E-state index in [4.69, 9.17) is 0 Å². The number of aromatic nitrogens is 3. The zero-order valence-electron chi connectivity index (χ0n) is 12.3. The first-order valence-electron chi connectivity index (χ1n) is 6.49. The first-order valence-corrected chi connectivity index (χ1v) is 6.49. The molecule has 0 aliphatic carbocycles. The number of nitrogens with one attached hydrogen (secondary N) is 2. The molecule has 0 radical (unpaired) electrons. The summed E-state index contributed by atoms with van der Waals surface area (Å²) in [4.78, 5) is 14.8. The van der Waals surface area contributed by atoms with Gasteiger partial charge in [0.15, 0.2) is 0 Å². The molecule has 0 spiro atoms. The summed E-state index contributed by atoms with van der Waals surface area (Å²) in [6.45, 7) is 2.76. The highest BCUT2D eigenvalue weighted by atomic mass is 15.3. The zero-order chi connectivity index (χ0) is 14.5. The Morgan fingerprint density at radius 2 is 1.85 bits per heavy atom. The molecule has 1 aromatic carbocycles. The Kier molecular flexibility index (Phi) is 4.34. The summed E-state index contributed by atoms with van der Waals surface area (Å²) >= 11 is 0. The molecule has 2 aromatic rings. The summed E-state index contributed by atoms with van der Waals surface area (Å²) in [7, 11) is 5.59. The molecular formula is C14H20N6. The largest absolute Gasteiger partial charge is 0.357 e. The highest BCUT2D eigenvalue weighted by Crippen LogP contribution is 2.12. The summed E-state index contributed by atoms with van der Waals surface area (Å²) in [5.74, 6) is 1.74. The lowest BCUT2D eigenvalue weighted by atomic mass is 10.1. The van der Waals surface area contributed by atoms with Gasteiger partial charge in [0, 0.05) is 27.7 Å². The quantitative estimate of drug-likeness (QED) is 0.866. The Hall–Kier alpha value is -2.37. The van der Waals surface area contributed by atoms with E-state index < -0.39 is 0 Å². The molecule has 6 heteroatoms. The molecule has 0 bridgehead atoms. The standard InChI is InChI=1S/C14H20N6/c1-10-6-5-7-11(8-10)9-16-13-17-12(15-2)18-14(19-13)20(3)4/h5-8H,9H2,1-4H3,(H2,15,16,17,18,19). The van der Waals surface area contributed by atoms with Crippen LogP contribution in [0.2, 0.25) is 0 Å². The van der Waals surface area contributed by atoms with Crippen molar-refractivity contribution in [3.05, 3.63) is 35.4 Å². The zero-order valence-corrected chi connectivity index (χ0v) is 12.3. The number of anilines is 3. The lowest BCUT2D eigenvalue weighted by Crippen LogP contribution is -2.16. The van der Waals surface area contributed by atoms with Gasteiger partial charge in [0.1, 0.15) is 0 Å². The molecule has 2 N–H and O–H groups in total. The van der Waals surface area contributed by atoms with Crippen LogP contribution in [0, 0.1) is 6.92 Å². The van der Waals surface area contributed by atoms with Crippen LogP contribution >= 0.6 is 0 Å². The molecule has 6 nitrogen and oxygen atoms in total. The third-order valence-electron chi connectivity index (χ3n) is 2.78. The monoisotopic (exact) mass is 272 g/mol. The molecule has 0 aliphatic heterocycles. The Morgan fingerprint density at radius 3 is 2.50 bits per heavy atom. The number of nitrogens with zero attached hydrogens (tertiary/aromatic N) is 4. The third kappa shape index (κ3) is 3.57. The van der Waals surface area contributed by atoms with Crippen molar-refractivity contribution in [2.45, 2.75) is 13.5 Å². The fourth-order valence-corrected chi connectivity index (χ4v) is 1.76. The van der Waals surface area contributed by atoms with Crippen LogP contribution in [0.25, 0.3) is 0 Å². The average molecular weight is 272 g/mol. The lowest BCUT2D eigenvalue weighted by Gasteiger charge is -2.13. The van der Waals surface area contributed by atoms with Crippen LogP contribution in [-0.2, 0) is 6.54 Å². The molecule has 0 unspecified atom stereocenters. The summed E-state index contributed by atoms with van der Waals surface area (Å²) in [6, 6.07) is 8.34. The minimum Gasteiger partial charge on any atom is -0.357 e. The van der Waals surface area contributed by atoms with Crippen LogP contribution in [0.1, 0.15) is 11.1 Å². The van der Waals surface area contributed by atoms with Crippen LogP contribution in [0.3, 0.4) is 0 Å². The maximum atomic E-state index is 4.37. The normalized spacial score (nSPS) is 10.2. The molecule has 1 aromatic heterocycles. The molecule has 0 atom stereocenters. The van der Waals surface area contributed by atoms with E-state index in [1.807, 2.05) is 25.1 Å². The topological polar surface area (TPSA) is 66.0 Å². The van der Waals surface area contributed by atoms with Crippen LogP contribution in [-0.4, -0.2) is 36.1 Å². The number of rotatable bonds is 5. The fourth-order valence-electron chi connectivity index (χ4n) is 1.76. The van der Waals surface area contributed by atoms with Crippen LogP contribution in [0.4, 0.5) is 17.8 Å². The fraction of sp³-hybridized carbons (Fsp3) is 0.357. The van der Waals surface area contributed by atoms with Crippen molar-refractivity contribution < 1.29 is 0 Å². The first-order chi connectivity index (χ1) is 9.58. The minimum absolute atomic E-state index is 0.551. The van der Waals surface area contributed by atoms with Gasteiger partial charge in [-0.25, -0.2) is 0 Å². The van der Waals surface area contributed by atoms with E-state index in [9.17, 15) is 0 Å². The van der Waals surface area contributed by atoms with Crippen LogP contribution in [0.15, 0.2) is 24.3 Å². The number of aryl methyl sites for hydroxylation is 1. The Labute approximate surface area is 119 Å². The van der Waals surface area contributed by atoms with E-state index >= 15 is 0 Å². The van der Waals surface area contributed by atoms with Gasteiger partial charge in [0.05, 0.1) is 0 Å². The van der Waals surface area contributed by atoms with Crippen molar-refractivity contribution >= 4 is 17.8 Å². The van der Waals surface area contributed by atoms with Gasteiger partial charge in [0.2, 0.25) is 17.8 Å². The molecule has 0 amide bonds. The molecule has 2 rings (SSSR count). The highest BCUT2D eigenvalue weighted by molar-refractivity contribution is 5.43. The van der Waals surface area contributed by atoms with Crippen molar-refractivity contribution in [1.82, 2.24) is 15.0 Å². The number of hydrogen-bond acceptors (Lipinski definition) is 6. The summed E-state index contributed by atoms with van der Waals surface area (Å²) < 4.78 is 0. The predicted octanol–water partition coefficient (Wildman–Crippen LogP) is 1.90. The average Bonchev–Trinajstić information content (AvgIpc) is 2.45. The van der Waals surface area contributed by atoms with Gasteiger partial charge in [-0.15, -0.1) is 0 Å². The maximum Gasteiger partial charge on any atom is 0.231 e. The van der Waals surface area contributed by atoms with E-state index in [1.165, 1.54) is 11.1 Å². The predicted molar refractivity (Wildman–Crippen MR) is 82.2 cm³/mol. The van der Waals surface area contributed by atoms with Gasteiger partial charge in [-0.1, -0.05) is 29.8 Å². The van der Waals surface area contributed by atoms with E-state index in [-0.39, 0.29) is 0 Å². The molecule has 0 saturated heterocycles. The van der Waals surface area contributed by atoms with E-state index in [1.54, 1.807) is 7.05 Å². The molecule has 1 heterocycles. The highest BCUT2D eigenvalue weighted by Gasteiger charge is 2.06. The maximum absolute atomic E-state index is 4.37. The molecular weight excluding hydrogens is 252 g/mol. The Morgan fingerprint density at radius 1 is 1.10 bits per heavy atom. The first kappa shape index (κ1) is 14.0. The van der Waals surface area contributed by atoms with Gasteiger partial charge in [0.25, 0.3) is 0 Å². The molecule has 20 heavy (non-hydrogen) atoms. The molecule has 106 valence electrons. The number of hydrogen-bond donors (Lipinski definition) is 2. The Balaban J connectivity index is 2.14. The number of benzene rings is 1. The molecule has 0 fully saturated rings. The molecule has 0 aliphatic rings. The van der Waals surface area contributed by atoms with Crippen LogP contribution in [0.5, 0.6) is 0 Å². The van der Waals surface area contributed by atoms with Crippen molar-refractivity contribution in [2.75, 3.05) is 36.7 Å².